The molecule has 0 aromatic heterocycles. The van der Waals surface area contributed by atoms with Gasteiger partial charge in [0.05, 0.1) is 13.2 Å². The van der Waals surface area contributed by atoms with E-state index >= 15 is 0 Å². The van der Waals surface area contributed by atoms with Crippen LogP contribution in [0.25, 0.3) is 0 Å². The van der Waals surface area contributed by atoms with Crippen LogP contribution >= 0.6 is 7.82 Å². The van der Waals surface area contributed by atoms with Crippen molar-refractivity contribution in [2.75, 3.05) is 26.4 Å². The van der Waals surface area contributed by atoms with Gasteiger partial charge in [0.15, 0.2) is 6.10 Å². The zero-order valence-corrected chi connectivity index (χ0v) is 58.3. The average molecular weight is 1260 g/mol. The van der Waals surface area contributed by atoms with Gasteiger partial charge < -0.3 is 20.1 Å². The fourth-order valence-electron chi connectivity index (χ4n) is 10.1. The van der Waals surface area contributed by atoms with Crippen molar-refractivity contribution in [3.05, 3.63) is 134 Å². The molecular weight excluding hydrogens is 1120 g/mol. The second kappa shape index (κ2) is 73.2. The summed E-state index contributed by atoms with van der Waals surface area (Å²) in [6, 6.07) is 0. The van der Waals surface area contributed by atoms with Gasteiger partial charge in [-0.1, -0.05) is 327 Å². The van der Waals surface area contributed by atoms with Crippen LogP contribution in [-0.4, -0.2) is 49.3 Å². The molecule has 0 spiro atoms. The summed E-state index contributed by atoms with van der Waals surface area (Å²) in [6.45, 7) is 3.64. The Bertz CT molecular complexity index is 1920. The molecule has 0 saturated carbocycles. The van der Waals surface area contributed by atoms with Gasteiger partial charge >= 0.3 is 19.8 Å². The van der Waals surface area contributed by atoms with Crippen LogP contribution < -0.4 is 5.73 Å². The van der Waals surface area contributed by atoms with Crippen LogP contribution in [0.3, 0.4) is 0 Å². The highest BCUT2D eigenvalue weighted by molar-refractivity contribution is 7.47. The number of hydrogen-bond donors (Lipinski definition) is 2. The molecule has 0 aromatic carbocycles. The molecule has 3 N–H and O–H groups in total. The summed E-state index contributed by atoms with van der Waals surface area (Å²) in [5.74, 6) is -0.841. The number of ether oxygens (including phenoxy) is 2. The molecule has 0 amide bonds. The van der Waals surface area contributed by atoms with E-state index in [0.717, 1.165) is 122 Å². The monoisotopic (exact) mass is 1260 g/mol. The van der Waals surface area contributed by atoms with Crippen LogP contribution in [0.2, 0.25) is 0 Å². The summed E-state index contributed by atoms with van der Waals surface area (Å²) < 4.78 is 33.2. The molecular formula is C79H136NO8P. The Labute approximate surface area is 548 Å². The molecule has 0 heterocycles. The van der Waals surface area contributed by atoms with E-state index in [1.807, 2.05) is 0 Å². The van der Waals surface area contributed by atoms with Crippen molar-refractivity contribution in [3.8, 4) is 0 Å². The number of allylic oxidation sites excluding steroid dienone is 22. The zero-order valence-electron chi connectivity index (χ0n) is 57.4. The maximum absolute atomic E-state index is 12.8. The van der Waals surface area contributed by atoms with Crippen LogP contribution in [0.5, 0.6) is 0 Å². The summed E-state index contributed by atoms with van der Waals surface area (Å²) in [5.41, 5.74) is 5.40. The molecule has 510 valence electrons. The van der Waals surface area contributed by atoms with Gasteiger partial charge in [0.1, 0.15) is 6.61 Å². The third-order valence-corrected chi connectivity index (χ3v) is 16.5. The summed E-state index contributed by atoms with van der Waals surface area (Å²) in [7, 11) is -4.41. The number of unbranched alkanes of at least 4 members (excludes halogenated alkanes) is 33. The summed E-state index contributed by atoms with van der Waals surface area (Å²) in [6.07, 6.45) is 104. The molecule has 0 radical (unpaired) electrons. The van der Waals surface area contributed by atoms with Crippen LogP contribution in [0.1, 0.15) is 322 Å². The largest absolute Gasteiger partial charge is 0.472 e. The lowest BCUT2D eigenvalue weighted by Crippen LogP contribution is -2.29. The van der Waals surface area contributed by atoms with Crippen LogP contribution in [0, 0.1) is 0 Å². The summed E-state index contributed by atoms with van der Waals surface area (Å²) in [5, 5.41) is 0. The van der Waals surface area contributed by atoms with Crippen molar-refractivity contribution < 1.29 is 37.6 Å². The lowest BCUT2D eigenvalue weighted by Gasteiger charge is -2.19. The molecule has 2 atom stereocenters. The third kappa shape index (κ3) is 73.1. The molecule has 0 bridgehead atoms. The average Bonchev–Trinajstić information content (AvgIpc) is 3.68. The Morgan fingerprint density at radius 3 is 0.933 bits per heavy atom. The van der Waals surface area contributed by atoms with E-state index in [1.165, 1.54) is 167 Å². The smallest absolute Gasteiger partial charge is 0.462 e. The maximum atomic E-state index is 12.8. The quantitative estimate of drug-likeness (QED) is 0.0264. The zero-order chi connectivity index (χ0) is 64.4. The second-order valence-electron chi connectivity index (χ2n) is 24.1. The number of phosphoric acid groups is 1. The Morgan fingerprint density at radius 1 is 0.348 bits per heavy atom. The van der Waals surface area contributed by atoms with Gasteiger partial charge in [-0.15, -0.1) is 0 Å². The molecule has 0 aromatic rings. The van der Waals surface area contributed by atoms with Crippen molar-refractivity contribution in [2.24, 2.45) is 5.73 Å². The molecule has 9 nitrogen and oxygen atoms in total. The van der Waals surface area contributed by atoms with Gasteiger partial charge in [-0.05, 0) is 116 Å². The van der Waals surface area contributed by atoms with E-state index in [4.69, 9.17) is 24.3 Å². The van der Waals surface area contributed by atoms with Crippen LogP contribution in [0.15, 0.2) is 134 Å². The number of nitrogens with two attached hydrogens (primary N) is 1. The van der Waals surface area contributed by atoms with Crippen molar-refractivity contribution >= 4 is 19.8 Å². The van der Waals surface area contributed by atoms with Crippen LogP contribution in [0.4, 0.5) is 0 Å². The predicted octanol–water partition coefficient (Wildman–Crippen LogP) is 24.4. The van der Waals surface area contributed by atoms with Crippen LogP contribution in [-0.2, 0) is 32.7 Å². The van der Waals surface area contributed by atoms with Gasteiger partial charge in [0, 0.05) is 19.4 Å². The highest BCUT2D eigenvalue weighted by Crippen LogP contribution is 2.43. The van der Waals surface area contributed by atoms with E-state index in [-0.39, 0.29) is 38.6 Å². The predicted molar refractivity (Wildman–Crippen MR) is 385 cm³/mol. The molecule has 89 heavy (non-hydrogen) atoms. The van der Waals surface area contributed by atoms with Gasteiger partial charge in [0.25, 0.3) is 0 Å². The Kier molecular flexibility index (Phi) is 70.0. The van der Waals surface area contributed by atoms with Gasteiger partial charge in [0.2, 0.25) is 0 Å². The topological polar surface area (TPSA) is 134 Å². The standard InChI is InChI=1S/C79H136NO8P/c1-3-5-7-9-11-13-15-17-19-21-23-25-27-29-31-33-35-36-37-38-39-40-42-44-46-48-50-52-54-56-58-60-62-64-66-68-70-72-79(82)88-77(76-87-89(83,84)86-74-73-80)75-85-78(81)71-69-67-65-63-61-59-57-55-53-51-49-47-45-43-41-34-32-30-28-26-24-22-20-18-16-14-12-10-8-6-4-2/h5,7,11,13,17,19,22-25,29,31,35-36,38-39,42,44,48,50,54,56,77H,3-4,6,8-10,12,14-16,18,20-21,26-28,30,32-34,37,40-41,43,45-47,49,51-53,55,57-76,80H2,1-2H3,(H,83,84)/b7-5-,13-11-,19-17-,24-22-,25-23-,31-29-,36-35-,39-38-,44-42-,50-48-,56-54-. The lowest BCUT2D eigenvalue weighted by atomic mass is 10.0. The molecule has 0 saturated heterocycles. The number of esters is 2. The maximum Gasteiger partial charge on any atom is 0.472 e. The van der Waals surface area contributed by atoms with Crippen molar-refractivity contribution in [3.63, 3.8) is 0 Å². The minimum absolute atomic E-state index is 0.0455. The van der Waals surface area contributed by atoms with E-state index < -0.39 is 26.5 Å². The number of phosphoric ester groups is 1. The van der Waals surface area contributed by atoms with E-state index in [2.05, 4.69) is 148 Å². The SMILES string of the molecule is CC/C=C\C/C=C\C/C=C\C/C=C\C/C=C\C/C=C\C/C=C\C/C=C\C/C=C\C/C=C\CCCCCCCCC(=O)OC(COC(=O)CCCCCCCCCCCCCCCCCCCCC/C=C\CCCCCCCCCC)COP(=O)(O)OCCN. The first-order valence-corrected chi connectivity index (χ1v) is 38.2. The van der Waals surface area contributed by atoms with Crippen molar-refractivity contribution in [2.45, 2.75) is 328 Å². The van der Waals surface area contributed by atoms with E-state index in [1.54, 1.807) is 0 Å². The Balaban J connectivity index is 3.94. The molecule has 0 fully saturated rings. The lowest BCUT2D eigenvalue weighted by molar-refractivity contribution is -0.161. The highest BCUT2D eigenvalue weighted by Gasteiger charge is 2.26. The molecule has 0 rings (SSSR count). The van der Waals surface area contributed by atoms with Gasteiger partial charge in [-0.3, -0.25) is 18.6 Å². The minimum atomic E-state index is -4.41. The Morgan fingerprint density at radius 2 is 0.618 bits per heavy atom. The Hall–Kier alpha value is -3.85. The second-order valence-corrected chi connectivity index (χ2v) is 25.5. The highest BCUT2D eigenvalue weighted by atomic mass is 31.2. The summed E-state index contributed by atoms with van der Waals surface area (Å²) in [4.78, 5) is 35.4. The molecule has 0 aliphatic carbocycles. The third-order valence-electron chi connectivity index (χ3n) is 15.5. The fourth-order valence-corrected chi connectivity index (χ4v) is 10.9. The fraction of sp³-hybridized carbons (Fsp3) is 0.696. The summed E-state index contributed by atoms with van der Waals surface area (Å²) >= 11 is 0. The van der Waals surface area contributed by atoms with Crippen molar-refractivity contribution in [1.82, 2.24) is 0 Å². The van der Waals surface area contributed by atoms with Gasteiger partial charge in [-0.25, -0.2) is 4.57 Å². The number of rotatable bonds is 68. The van der Waals surface area contributed by atoms with E-state index in [0.29, 0.717) is 6.42 Å². The van der Waals surface area contributed by atoms with E-state index in [9.17, 15) is 19.0 Å². The number of carbonyl (C=O) groups is 2. The molecule has 2 unspecified atom stereocenters. The van der Waals surface area contributed by atoms with Crippen molar-refractivity contribution in [1.29, 1.82) is 0 Å². The first-order chi connectivity index (χ1) is 43.8. The molecule has 0 aliphatic heterocycles. The first-order valence-electron chi connectivity index (χ1n) is 36.7. The van der Waals surface area contributed by atoms with Gasteiger partial charge in [-0.2, -0.15) is 0 Å². The normalized spacial score (nSPS) is 13.7. The number of carbonyl (C=O) groups excluding carboxylic acids is 2. The number of hydrogen-bond acceptors (Lipinski definition) is 8. The molecule has 10 heteroatoms. The minimum Gasteiger partial charge on any atom is -0.462 e. The molecule has 0 aliphatic rings. The first kappa shape index (κ1) is 85.2.